The average Bonchev–Trinajstić information content (AvgIpc) is 2.53. The molecule has 2 nitrogen and oxygen atoms in total. The summed E-state index contributed by atoms with van der Waals surface area (Å²) in [7, 11) is 0. The molecule has 112 valence electrons. The minimum Gasteiger partial charge on any atom is -0.466 e. The summed E-state index contributed by atoms with van der Waals surface area (Å²) < 4.78 is 4.95. The van der Waals surface area contributed by atoms with E-state index in [9.17, 15) is 4.79 Å². The molecule has 3 heteroatoms. The summed E-state index contributed by atoms with van der Waals surface area (Å²) in [5, 5.41) is 5.00. The number of ether oxygens (including phenoxy) is 1. The molecule has 0 fully saturated rings. The molecule has 0 bridgehead atoms. The second kappa shape index (κ2) is 6.84. The summed E-state index contributed by atoms with van der Waals surface area (Å²) in [4.78, 5) is 12.5. The lowest BCUT2D eigenvalue weighted by molar-refractivity contribution is -0.142. The van der Waals surface area contributed by atoms with E-state index in [1.54, 1.807) is 11.8 Å². The number of carbonyl (C=O) groups is 1. The van der Waals surface area contributed by atoms with Crippen molar-refractivity contribution in [2.45, 2.75) is 18.2 Å². The lowest BCUT2D eigenvalue weighted by Gasteiger charge is -2.06. The molecule has 0 spiro atoms. The quantitative estimate of drug-likeness (QED) is 0.375. The molecule has 3 rings (SSSR count). The van der Waals surface area contributed by atoms with E-state index in [0.717, 1.165) is 5.75 Å². The minimum atomic E-state index is -0.123. The van der Waals surface area contributed by atoms with Gasteiger partial charge in [-0.2, -0.15) is 0 Å². The molecular weight excluding hydrogens is 292 g/mol. The first-order chi connectivity index (χ1) is 10.8. The van der Waals surface area contributed by atoms with Crippen LogP contribution in [0.2, 0.25) is 0 Å². The lowest BCUT2D eigenvalue weighted by Crippen LogP contribution is -2.04. The van der Waals surface area contributed by atoms with Crippen molar-refractivity contribution in [1.29, 1.82) is 0 Å². The summed E-state index contributed by atoms with van der Waals surface area (Å²) in [5.74, 6) is 0.625. The molecule has 3 aromatic rings. The normalized spacial score (nSPS) is 11.0. The van der Waals surface area contributed by atoms with Gasteiger partial charge in [-0.1, -0.05) is 30.3 Å². The first-order valence-electron chi connectivity index (χ1n) is 7.47. The number of hydrogen-bond acceptors (Lipinski definition) is 3. The number of benzene rings is 3. The third-order valence-electron chi connectivity index (χ3n) is 3.56. The summed E-state index contributed by atoms with van der Waals surface area (Å²) in [6.45, 7) is 2.28. The van der Waals surface area contributed by atoms with Gasteiger partial charge in [0, 0.05) is 10.6 Å². The van der Waals surface area contributed by atoms with Gasteiger partial charge in [-0.3, -0.25) is 4.79 Å². The molecular formula is C19H18O2S. The zero-order chi connectivity index (χ0) is 15.4. The van der Waals surface area contributed by atoms with Gasteiger partial charge in [-0.15, -0.1) is 11.8 Å². The standard InChI is InChI=1S/C19H18O2S/c1-2-21-19(20)9-10-22-18-8-7-16-11-14-5-3-4-6-15(14)12-17(16)13-18/h3-8,11-13H,2,9-10H2,1H3. The topological polar surface area (TPSA) is 26.3 Å². The Balaban J connectivity index is 1.77. The van der Waals surface area contributed by atoms with Crippen LogP contribution in [0.4, 0.5) is 0 Å². The Morgan fingerprint density at radius 2 is 1.64 bits per heavy atom. The fraction of sp³-hybridized carbons (Fsp3) is 0.211. The van der Waals surface area contributed by atoms with Crippen molar-refractivity contribution in [2.75, 3.05) is 12.4 Å². The number of thioether (sulfide) groups is 1. The number of rotatable bonds is 5. The van der Waals surface area contributed by atoms with Crippen LogP contribution in [-0.2, 0) is 9.53 Å². The predicted molar refractivity (Wildman–Crippen MR) is 93.4 cm³/mol. The molecule has 0 aliphatic carbocycles. The first-order valence-corrected chi connectivity index (χ1v) is 8.46. The Kier molecular flexibility index (Phi) is 4.64. The van der Waals surface area contributed by atoms with Crippen molar-refractivity contribution >= 4 is 39.3 Å². The molecule has 0 saturated heterocycles. The molecule has 0 aliphatic heterocycles. The zero-order valence-electron chi connectivity index (χ0n) is 12.5. The fourth-order valence-electron chi connectivity index (χ4n) is 2.49. The number of fused-ring (bicyclic) bond motifs is 2. The monoisotopic (exact) mass is 310 g/mol. The molecule has 0 aliphatic rings. The molecule has 0 unspecified atom stereocenters. The van der Waals surface area contributed by atoms with Gasteiger partial charge in [0.1, 0.15) is 0 Å². The second-order valence-electron chi connectivity index (χ2n) is 5.11. The van der Waals surface area contributed by atoms with Crippen LogP contribution in [0.25, 0.3) is 21.5 Å². The highest BCUT2D eigenvalue weighted by Crippen LogP contribution is 2.27. The van der Waals surface area contributed by atoms with E-state index in [1.807, 2.05) is 6.92 Å². The summed E-state index contributed by atoms with van der Waals surface area (Å²) in [6, 6.07) is 19.3. The van der Waals surface area contributed by atoms with Crippen molar-refractivity contribution in [3.05, 3.63) is 54.6 Å². The van der Waals surface area contributed by atoms with Crippen LogP contribution < -0.4 is 0 Å². The van der Waals surface area contributed by atoms with Gasteiger partial charge in [0.2, 0.25) is 0 Å². The Morgan fingerprint density at radius 3 is 2.36 bits per heavy atom. The van der Waals surface area contributed by atoms with Gasteiger partial charge in [0.15, 0.2) is 0 Å². The Hall–Kier alpha value is -2.00. The van der Waals surface area contributed by atoms with Gasteiger partial charge in [0.05, 0.1) is 13.0 Å². The highest BCUT2D eigenvalue weighted by atomic mass is 32.2. The molecule has 0 radical (unpaired) electrons. The van der Waals surface area contributed by atoms with E-state index in [-0.39, 0.29) is 5.97 Å². The second-order valence-corrected chi connectivity index (χ2v) is 6.28. The molecule has 3 aromatic carbocycles. The van der Waals surface area contributed by atoms with Crippen molar-refractivity contribution in [1.82, 2.24) is 0 Å². The Bertz CT molecular complexity index is 811. The average molecular weight is 310 g/mol. The largest absolute Gasteiger partial charge is 0.466 e. The minimum absolute atomic E-state index is 0.123. The van der Waals surface area contributed by atoms with Crippen LogP contribution in [0.5, 0.6) is 0 Å². The van der Waals surface area contributed by atoms with Gasteiger partial charge < -0.3 is 4.74 Å². The fourth-order valence-corrected chi connectivity index (χ4v) is 3.37. The SMILES string of the molecule is CCOC(=O)CCSc1ccc2cc3ccccc3cc2c1. The van der Waals surface area contributed by atoms with Crippen LogP contribution in [0.3, 0.4) is 0 Å². The summed E-state index contributed by atoms with van der Waals surface area (Å²) >= 11 is 1.69. The van der Waals surface area contributed by atoms with E-state index in [0.29, 0.717) is 13.0 Å². The Morgan fingerprint density at radius 1 is 0.955 bits per heavy atom. The van der Waals surface area contributed by atoms with Gasteiger partial charge in [-0.05, 0) is 52.7 Å². The third kappa shape index (κ3) is 3.42. The maximum absolute atomic E-state index is 11.4. The number of esters is 1. The first kappa shape index (κ1) is 14.9. The van der Waals surface area contributed by atoms with Crippen LogP contribution in [-0.4, -0.2) is 18.3 Å². The summed E-state index contributed by atoms with van der Waals surface area (Å²) in [6.07, 6.45) is 0.453. The molecule has 22 heavy (non-hydrogen) atoms. The highest BCUT2D eigenvalue weighted by Gasteiger charge is 2.04. The van der Waals surface area contributed by atoms with Crippen LogP contribution >= 0.6 is 11.8 Å². The number of hydrogen-bond donors (Lipinski definition) is 0. The molecule has 0 aromatic heterocycles. The highest BCUT2D eigenvalue weighted by molar-refractivity contribution is 7.99. The maximum atomic E-state index is 11.4. The molecule has 0 atom stereocenters. The number of carbonyl (C=O) groups excluding carboxylic acids is 1. The maximum Gasteiger partial charge on any atom is 0.306 e. The zero-order valence-corrected chi connectivity index (χ0v) is 13.4. The van der Waals surface area contributed by atoms with Crippen molar-refractivity contribution in [2.24, 2.45) is 0 Å². The Labute approximate surface area is 134 Å². The smallest absolute Gasteiger partial charge is 0.306 e. The van der Waals surface area contributed by atoms with E-state index in [4.69, 9.17) is 4.74 Å². The van der Waals surface area contributed by atoms with E-state index in [2.05, 4.69) is 54.6 Å². The van der Waals surface area contributed by atoms with Crippen LogP contribution in [0.1, 0.15) is 13.3 Å². The molecule has 0 N–H and O–H groups in total. The van der Waals surface area contributed by atoms with Gasteiger partial charge in [0.25, 0.3) is 0 Å². The van der Waals surface area contributed by atoms with Crippen LogP contribution in [0.15, 0.2) is 59.5 Å². The third-order valence-corrected chi connectivity index (χ3v) is 4.55. The predicted octanol–water partition coefficient (Wildman–Crippen LogP) is 5.04. The lowest BCUT2D eigenvalue weighted by atomic mass is 10.0. The van der Waals surface area contributed by atoms with E-state index >= 15 is 0 Å². The van der Waals surface area contributed by atoms with Crippen molar-refractivity contribution in [3.63, 3.8) is 0 Å². The van der Waals surface area contributed by atoms with Gasteiger partial charge >= 0.3 is 5.97 Å². The molecule has 0 saturated carbocycles. The van der Waals surface area contributed by atoms with E-state index < -0.39 is 0 Å². The van der Waals surface area contributed by atoms with Crippen molar-refractivity contribution < 1.29 is 9.53 Å². The molecule has 0 amide bonds. The summed E-state index contributed by atoms with van der Waals surface area (Å²) in [5.41, 5.74) is 0. The van der Waals surface area contributed by atoms with E-state index in [1.165, 1.54) is 26.4 Å². The molecule has 0 heterocycles. The van der Waals surface area contributed by atoms with Gasteiger partial charge in [-0.25, -0.2) is 0 Å². The van der Waals surface area contributed by atoms with Crippen LogP contribution in [0, 0.1) is 0 Å². The van der Waals surface area contributed by atoms with Crippen molar-refractivity contribution in [3.8, 4) is 0 Å².